The van der Waals surface area contributed by atoms with Crippen LogP contribution in [0.15, 0.2) is 0 Å². The second-order valence-corrected chi connectivity index (χ2v) is 8.92. The Labute approximate surface area is 178 Å². The first-order valence-electron chi connectivity index (χ1n) is 10.2. The SMILES string of the molecule is C.CCOCC[N+](C)(CCO)CCCCCC[N+](C)(CCO)CCOS(=O)(=O)[O-]. The predicted molar refractivity (Wildman–Crippen MR) is 113 cm³/mol. The number of unbranched alkanes of at least 4 members (excludes halogenated alkanes) is 3. The van der Waals surface area contributed by atoms with E-state index in [2.05, 4.69) is 11.2 Å². The average molecular weight is 446 g/mol. The van der Waals surface area contributed by atoms with Crippen molar-refractivity contribution in [2.75, 3.05) is 86.4 Å². The third-order valence-corrected chi connectivity index (χ3v) is 5.72. The standard InChI is InChI=1S/C18H41N2O7S.CH4/c1-4-26-17-13-19(2,11-15-21)9-7-5-6-8-10-20(3,12-16-22)14-18-27-28(23,24)25;/h21-22H,4-18H2,1-3H3;1H4/q+1;. The smallest absolute Gasteiger partial charge is 0.217 e. The molecule has 2 N–H and O–H groups in total. The molecule has 0 bridgehead atoms. The maximum Gasteiger partial charge on any atom is 0.217 e. The summed E-state index contributed by atoms with van der Waals surface area (Å²) in [5, 5.41) is 18.6. The van der Waals surface area contributed by atoms with Gasteiger partial charge in [0.1, 0.15) is 32.8 Å². The van der Waals surface area contributed by atoms with Gasteiger partial charge in [-0.25, -0.2) is 8.42 Å². The van der Waals surface area contributed by atoms with Crippen LogP contribution in [0.5, 0.6) is 0 Å². The highest BCUT2D eigenvalue weighted by atomic mass is 32.3. The van der Waals surface area contributed by atoms with E-state index in [4.69, 9.17) is 4.74 Å². The van der Waals surface area contributed by atoms with E-state index in [1.165, 1.54) is 0 Å². The van der Waals surface area contributed by atoms with Crippen LogP contribution >= 0.6 is 0 Å². The van der Waals surface area contributed by atoms with Crippen molar-refractivity contribution in [1.29, 1.82) is 0 Å². The van der Waals surface area contributed by atoms with Gasteiger partial charge in [0.25, 0.3) is 0 Å². The second-order valence-electron chi connectivity index (χ2n) is 7.87. The highest BCUT2D eigenvalue weighted by molar-refractivity contribution is 7.80. The summed E-state index contributed by atoms with van der Waals surface area (Å²) in [6, 6.07) is 0. The van der Waals surface area contributed by atoms with Crippen LogP contribution in [-0.2, 0) is 19.3 Å². The van der Waals surface area contributed by atoms with Crippen LogP contribution in [0.1, 0.15) is 40.0 Å². The minimum atomic E-state index is -4.67. The van der Waals surface area contributed by atoms with Crippen molar-refractivity contribution in [2.24, 2.45) is 0 Å². The summed E-state index contributed by atoms with van der Waals surface area (Å²) in [4.78, 5) is 0. The molecule has 0 radical (unpaired) electrons. The molecule has 0 saturated carbocycles. The van der Waals surface area contributed by atoms with E-state index in [-0.39, 0.29) is 27.2 Å². The quantitative estimate of drug-likeness (QED) is 0.129. The monoisotopic (exact) mass is 445 g/mol. The lowest BCUT2D eigenvalue weighted by molar-refractivity contribution is -0.910. The van der Waals surface area contributed by atoms with Crippen LogP contribution < -0.4 is 0 Å². The molecule has 0 aromatic rings. The van der Waals surface area contributed by atoms with Crippen LogP contribution in [0.2, 0.25) is 0 Å². The van der Waals surface area contributed by atoms with Gasteiger partial charge in [-0.15, -0.1) is 0 Å². The third-order valence-electron chi connectivity index (χ3n) is 5.26. The summed E-state index contributed by atoms with van der Waals surface area (Å²) in [7, 11) is -0.595. The molecule has 0 fully saturated rings. The van der Waals surface area contributed by atoms with Crippen molar-refractivity contribution < 1.29 is 41.1 Å². The fourth-order valence-corrected chi connectivity index (χ4v) is 3.56. The molecule has 178 valence electrons. The zero-order chi connectivity index (χ0) is 21.5. The zero-order valence-corrected chi connectivity index (χ0v) is 18.7. The largest absolute Gasteiger partial charge is 0.726 e. The second kappa shape index (κ2) is 16.4. The molecular weight excluding hydrogens is 400 g/mol. The van der Waals surface area contributed by atoms with Crippen LogP contribution in [-0.4, -0.2) is 119 Å². The van der Waals surface area contributed by atoms with Gasteiger partial charge < -0.3 is 28.5 Å². The first-order valence-corrected chi connectivity index (χ1v) is 11.5. The van der Waals surface area contributed by atoms with Gasteiger partial charge in [-0.3, -0.25) is 4.18 Å². The summed E-state index contributed by atoms with van der Waals surface area (Å²) < 4.78 is 42.7. The normalized spacial score (nSPS) is 16.1. The van der Waals surface area contributed by atoms with Crippen LogP contribution in [0.3, 0.4) is 0 Å². The Morgan fingerprint density at radius 2 is 1.24 bits per heavy atom. The number of aliphatic hydroxyl groups excluding tert-OH is 2. The highest BCUT2D eigenvalue weighted by Crippen LogP contribution is 2.11. The molecule has 0 aliphatic heterocycles. The number of rotatable bonds is 19. The number of hydrogen-bond acceptors (Lipinski definition) is 7. The molecule has 29 heavy (non-hydrogen) atoms. The van der Waals surface area contributed by atoms with E-state index in [0.29, 0.717) is 30.8 Å². The first kappa shape index (κ1) is 30.9. The number of ether oxygens (including phenoxy) is 1. The fraction of sp³-hybridized carbons (Fsp3) is 1.00. The van der Waals surface area contributed by atoms with E-state index < -0.39 is 10.4 Å². The Balaban J connectivity index is 0. The van der Waals surface area contributed by atoms with Crippen LogP contribution in [0.25, 0.3) is 0 Å². The Hall–Kier alpha value is -0.330. The Morgan fingerprint density at radius 1 is 0.793 bits per heavy atom. The number of aliphatic hydroxyl groups is 2. The van der Waals surface area contributed by atoms with Crippen LogP contribution in [0, 0.1) is 0 Å². The maximum absolute atomic E-state index is 10.6. The number of nitrogens with zero attached hydrogens (tertiary/aromatic N) is 2. The van der Waals surface area contributed by atoms with Crippen molar-refractivity contribution in [3.8, 4) is 0 Å². The van der Waals surface area contributed by atoms with Gasteiger partial charge in [-0.05, 0) is 32.6 Å². The number of hydrogen-bond donors (Lipinski definition) is 2. The van der Waals surface area contributed by atoms with Gasteiger partial charge in [-0.2, -0.15) is 0 Å². The maximum atomic E-state index is 10.6. The molecule has 0 aliphatic rings. The van der Waals surface area contributed by atoms with Gasteiger partial charge in [-0.1, -0.05) is 7.43 Å². The van der Waals surface area contributed by atoms with E-state index >= 15 is 0 Å². The van der Waals surface area contributed by atoms with Crippen molar-refractivity contribution in [1.82, 2.24) is 0 Å². The number of likely N-dealkylation sites (N-methyl/N-ethyl adjacent to an activating group) is 2. The fourth-order valence-electron chi connectivity index (χ4n) is 3.28. The van der Waals surface area contributed by atoms with E-state index in [9.17, 15) is 23.2 Å². The summed E-state index contributed by atoms with van der Waals surface area (Å²) in [5.74, 6) is 0. The minimum Gasteiger partial charge on any atom is -0.726 e. The van der Waals surface area contributed by atoms with E-state index in [0.717, 1.165) is 56.3 Å². The summed E-state index contributed by atoms with van der Waals surface area (Å²) >= 11 is 0. The van der Waals surface area contributed by atoms with Gasteiger partial charge >= 0.3 is 0 Å². The molecule has 10 heteroatoms. The lowest BCUT2D eigenvalue weighted by Gasteiger charge is -2.34. The summed E-state index contributed by atoms with van der Waals surface area (Å²) in [6.07, 6.45) is 4.11. The summed E-state index contributed by atoms with van der Waals surface area (Å²) in [5.41, 5.74) is 0. The predicted octanol–water partition coefficient (Wildman–Crippen LogP) is 0.574. The number of quaternary nitrogens is 2. The molecule has 0 rings (SSSR count). The molecule has 0 aromatic carbocycles. The Bertz CT molecular complexity index is 493. The highest BCUT2D eigenvalue weighted by Gasteiger charge is 2.22. The topological polar surface area (TPSA) is 116 Å². The summed E-state index contributed by atoms with van der Waals surface area (Å²) in [6.45, 7) is 7.63. The molecule has 9 nitrogen and oxygen atoms in total. The average Bonchev–Trinajstić information content (AvgIpc) is 2.57. The van der Waals surface area contributed by atoms with E-state index in [1.807, 2.05) is 14.0 Å². The van der Waals surface area contributed by atoms with Gasteiger partial charge in [0.05, 0.1) is 47.0 Å². The van der Waals surface area contributed by atoms with Gasteiger partial charge in [0.15, 0.2) is 0 Å². The lowest BCUT2D eigenvalue weighted by atomic mass is 10.1. The molecule has 0 saturated heterocycles. The van der Waals surface area contributed by atoms with E-state index in [1.54, 1.807) is 0 Å². The zero-order valence-electron chi connectivity index (χ0n) is 17.8. The van der Waals surface area contributed by atoms with Crippen molar-refractivity contribution in [3.05, 3.63) is 0 Å². The van der Waals surface area contributed by atoms with Crippen molar-refractivity contribution in [2.45, 2.75) is 40.0 Å². The molecule has 0 heterocycles. The molecule has 2 unspecified atom stereocenters. The van der Waals surface area contributed by atoms with Crippen LogP contribution in [0.4, 0.5) is 0 Å². The first-order chi connectivity index (χ1) is 13.1. The molecule has 0 amide bonds. The Morgan fingerprint density at radius 3 is 1.62 bits per heavy atom. The third kappa shape index (κ3) is 17.1. The molecular formula is C19H45N2O7S+. The van der Waals surface area contributed by atoms with Gasteiger partial charge in [0, 0.05) is 6.61 Å². The molecule has 2 atom stereocenters. The Kier molecular flexibility index (Phi) is 17.4. The molecule has 0 spiro atoms. The van der Waals surface area contributed by atoms with Crippen molar-refractivity contribution in [3.63, 3.8) is 0 Å². The van der Waals surface area contributed by atoms with Gasteiger partial charge in [0.2, 0.25) is 10.4 Å². The molecule has 0 aromatic heterocycles. The minimum absolute atomic E-state index is 0. The van der Waals surface area contributed by atoms with Crippen molar-refractivity contribution >= 4 is 10.4 Å². The lowest BCUT2D eigenvalue weighted by Crippen LogP contribution is -2.49. The molecule has 0 aliphatic carbocycles.